The number of rotatable bonds is 4. The van der Waals surface area contributed by atoms with Crippen molar-refractivity contribution in [2.45, 2.75) is 25.6 Å². The van der Waals surface area contributed by atoms with Crippen LogP contribution in [0.4, 0.5) is 11.5 Å². The highest BCUT2D eigenvalue weighted by molar-refractivity contribution is 6.05. The fourth-order valence-corrected chi connectivity index (χ4v) is 3.77. The van der Waals surface area contributed by atoms with E-state index in [4.69, 9.17) is 9.47 Å². The van der Waals surface area contributed by atoms with E-state index in [0.29, 0.717) is 25.3 Å². The number of carbonyl (C=O) groups is 1. The fourth-order valence-electron chi connectivity index (χ4n) is 3.77. The Morgan fingerprint density at radius 1 is 1.11 bits per heavy atom. The van der Waals surface area contributed by atoms with Crippen LogP contribution in [0.5, 0.6) is 0 Å². The van der Waals surface area contributed by atoms with Crippen LogP contribution in [0.3, 0.4) is 0 Å². The standard InChI is InChI=1S/C21H25N3O3/c1-2-24(18-6-4-3-5-7-18)20(25)17-8-9-19(22-16-17)23-12-10-21(11-13-23)26-14-15-27-21/h3-9,16H,2,10-15H2,1H3. The van der Waals surface area contributed by atoms with Crippen molar-refractivity contribution in [1.82, 2.24) is 4.98 Å². The van der Waals surface area contributed by atoms with E-state index in [2.05, 4.69) is 9.88 Å². The molecule has 1 amide bonds. The SMILES string of the molecule is CCN(C(=O)c1ccc(N2CCC3(CC2)OCCO3)nc1)c1ccccc1. The number of nitrogens with zero attached hydrogens (tertiary/aromatic N) is 3. The van der Waals surface area contributed by atoms with Gasteiger partial charge in [-0.2, -0.15) is 0 Å². The third-order valence-electron chi connectivity index (χ3n) is 5.29. The normalized spacial score (nSPS) is 18.6. The van der Waals surface area contributed by atoms with E-state index in [9.17, 15) is 4.79 Å². The Morgan fingerprint density at radius 3 is 2.41 bits per heavy atom. The molecule has 2 aromatic rings. The Labute approximate surface area is 159 Å². The fraction of sp³-hybridized carbons (Fsp3) is 0.429. The van der Waals surface area contributed by atoms with Crippen LogP contribution < -0.4 is 9.80 Å². The quantitative estimate of drug-likeness (QED) is 0.831. The minimum absolute atomic E-state index is 0.0342. The molecule has 2 aliphatic heterocycles. The summed E-state index contributed by atoms with van der Waals surface area (Å²) in [5.74, 6) is 0.472. The first-order valence-electron chi connectivity index (χ1n) is 9.57. The predicted molar refractivity (Wildman–Crippen MR) is 104 cm³/mol. The average molecular weight is 367 g/mol. The first-order chi connectivity index (χ1) is 13.2. The highest BCUT2D eigenvalue weighted by atomic mass is 16.7. The van der Waals surface area contributed by atoms with Crippen molar-refractivity contribution in [2.24, 2.45) is 0 Å². The molecule has 0 N–H and O–H groups in total. The predicted octanol–water partition coefficient (Wildman–Crippen LogP) is 3.09. The summed E-state index contributed by atoms with van der Waals surface area (Å²) in [5, 5.41) is 0. The zero-order chi connectivity index (χ0) is 18.7. The van der Waals surface area contributed by atoms with Crippen molar-refractivity contribution in [3.05, 3.63) is 54.2 Å². The Balaban J connectivity index is 1.43. The zero-order valence-corrected chi connectivity index (χ0v) is 15.6. The molecular formula is C21H25N3O3. The molecule has 0 aliphatic carbocycles. The second-order valence-corrected chi connectivity index (χ2v) is 6.88. The summed E-state index contributed by atoms with van der Waals surface area (Å²) in [7, 11) is 0. The highest BCUT2D eigenvalue weighted by Gasteiger charge is 2.40. The summed E-state index contributed by atoms with van der Waals surface area (Å²) in [4.78, 5) is 21.4. The first-order valence-corrected chi connectivity index (χ1v) is 9.57. The number of para-hydroxylation sites is 1. The van der Waals surface area contributed by atoms with E-state index in [1.54, 1.807) is 11.1 Å². The number of amides is 1. The van der Waals surface area contributed by atoms with Gasteiger partial charge in [0.15, 0.2) is 5.79 Å². The van der Waals surface area contributed by atoms with Gasteiger partial charge in [-0.05, 0) is 31.2 Å². The van der Waals surface area contributed by atoms with Gasteiger partial charge in [-0.15, -0.1) is 0 Å². The Morgan fingerprint density at radius 2 is 1.81 bits per heavy atom. The van der Waals surface area contributed by atoms with Gasteiger partial charge in [-0.25, -0.2) is 4.98 Å². The summed E-state index contributed by atoms with van der Waals surface area (Å²) < 4.78 is 11.6. The van der Waals surface area contributed by atoms with Crippen molar-refractivity contribution in [3.63, 3.8) is 0 Å². The van der Waals surface area contributed by atoms with Crippen molar-refractivity contribution >= 4 is 17.4 Å². The van der Waals surface area contributed by atoms with E-state index in [-0.39, 0.29) is 11.7 Å². The lowest BCUT2D eigenvalue weighted by atomic mass is 10.0. The highest BCUT2D eigenvalue weighted by Crippen LogP contribution is 2.32. The molecule has 2 saturated heterocycles. The van der Waals surface area contributed by atoms with Crippen molar-refractivity contribution in [3.8, 4) is 0 Å². The molecule has 1 aromatic heterocycles. The lowest BCUT2D eigenvalue weighted by Gasteiger charge is -2.38. The molecule has 6 heteroatoms. The molecule has 142 valence electrons. The molecule has 6 nitrogen and oxygen atoms in total. The van der Waals surface area contributed by atoms with Crippen LogP contribution in [0, 0.1) is 0 Å². The monoisotopic (exact) mass is 367 g/mol. The lowest BCUT2D eigenvalue weighted by Crippen LogP contribution is -2.45. The largest absolute Gasteiger partial charge is 0.356 e. The molecule has 1 spiro atoms. The Kier molecular flexibility index (Phi) is 5.09. The number of piperidine rings is 1. The number of ether oxygens (including phenoxy) is 2. The second kappa shape index (κ2) is 7.66. The van der Waals surface area contributed by atoms with Gasteiger partial charge in [0.05, 0.1) is 18.8 Å². The van der Waals surface area contributed by atoms with Gasteiger partial charge in [0.2, 0.25) is 0 Å². The zero-order valence-electron chi connectivity index (χ0n) is 15.6. The van der Waals surface area contributed by atoms with Gasteiger partial charge in [0, 0.05) is 44.4 Å². The van der Waals surface area contributed by atoms with Crippen LogP contribution in [0.1, 0.15) is 30.1 Å². The van der Waals surface area contributed by atoms with Gasteiger partial charge < -0.3 is 19.3 Å². The topological polar surface area (TPSA) is 54.9 Å². The van der Waals surface area contributed by atoms with Gasteiger partial charge in [-0.1, -0.05) is 18.2 Å². The number of aromatic nitrogens is 1. The summed E-state index contributed by atoms with van der Waals surface area (Å²) >= 11 is 0. The smallest absolute Gasteiger partial charge is 0.259 e. The number of benzene rings is 1. The molecule has 4 rings (SSSR count). The van der Waals surface area contributed by atoms with Gasteiger partial charge >= 0.3 is 0 Å². The Bertz CT molecular complexity index is 763. The Hall–Kier alpha value is -2.44. The minimum atomic E-state index is -0.385. The van der Waals surface area contributed by atoms with E-state index in [1.807, 2.05) is 49.4 Å². The molecule has 2 fully saturated rings. The van der Waals surface area contributed by atoms with E-state index in [1.165, 1.54) is 0 Å². The van der Waals surface area contributed by atoms with Gasteiger partial charge in [0.1, 0.15) is 5.82 Å². The van der Waals surface area contributed by atoms with Crippen LogP contribution in [-0.4, -0.2) is 49.5 Å². The molecule has 1 aromatic carbocycles. The molecule has 27 heavy (non-hydrogen) atoms. The average Bonchev–Trinajstić information content (AvgIpc) is 3.18. The molecule has 0 saturated carbocycles. The summed E-state index contributed by atoms with van der Waals surface area (Å²) in [6, 6.07) is 13.5. The molecule has 0 bridgehead atoms. The van der Waals surface area contributed by atoms with Crippen molar-refractivity contribution < 1.29 is 14.3 Å². The molecule has 2 aliphatic rings. The van der Waals surface area contributed by atoms with Crippen LogP contribution >= 0.6 is 0 Å². The minimum Gasteiger partial charge on any atom is -0.356 e. The van der Waals surface area contributed by atoms with Crippen LogP contribution in [0.2, 0.25) is 0 Å². The second-order valence-electron chi connectivity index (χ2n) is 6.88. The van der Waals surface area contributed by atoms with Crippen molar-refractivity contribution in [1.29, 1.82) is 0 Å². The number of carbonyl (C=O) groups excluding carboxylic acids is 1. The number of hydrogen-bond donors (Lipinski definition) is 0. The number of pyridine rings is 1. The number of anilines is 2. The summed E-state index contributed by atoms with van der Waals surface area (Å²) in [6.07, 6.45) is 3.36. The molecule has 0 unspecified atom stereocenters. The van der Waals surface area contributed by atoms with E-state index < -0.39 is 0 Å². The molecule has 0 atom stereocenters. The van der Waals surface area contributed by atoms with Crippen LogP contribution in [-0.2, 0) is 9.47 Å². The third kappa shape index (κ3) is 3.68. The van der Waals surface area contributed by atoms with Crippen LogP contribution in [0.25, 0.3) is 0 Å². The van der Waals surface area contributed by atoms with E-state index in [0.717, 1.165) is 37.4 Å². The third-order valence-corrected chi connectivity index (χ3v) is 5.29. The lowest BCUT2D eigenvalue weighted by molar-refractivity contribution is -0.169. The maximum atomic E-state index is 12.9. The van der Waals surface area contributed by atoms with Crippen LogP contribution in [0.15, 0.2) is 48.7 Å². The van der Waals surface area contributed by atoms with Gasteiger partial charge in [0.25, 0.3) is 5.91 Å². The summed E-state index contributed by atoms with van der Waals surface area (Å²) in [5.41, 5.74) is 1.49. The molecule has 3 heterocycles. The van der Waals surface area contributed by atoms with E-state index >= 15 is 0 Å². The van der Waals surface area contributed by atoms with Gasteiger partial charge in [-0.3, -0.25) is 4.79 Å². The molecular weight excluding hydrogens is 342 g/mol. The summed E-state index contributed by atoms with van der Waals surface area (Å²) in [6.45, 7) is 5.63. The first kappa shape index (κ1) is 17.9. The maximum Gasteiger partial charge on any atom is 0.259 e. The number of hydrogen-bond acceptors (Lipinski definition) is 5. The van der Waals surface area contributed by atoms with Crippen molar-refractivity contribution in [2.75, 3.05) is 42.6 Å². The maximum absolute atomic E-state index is 12.9. The molecule has 0 radical (unpaired) electrons.